The molecule has 2 aromatic rings. The average molecular weight is 258 g/mol. The van der Waals surface area contributed by atoms with E-state index in [1.165, 1.54) is 6.42 Å². The van der Waals surface area contributed by atoms with Gasteiger partial charge >= 0.3 is 0 Å². The number of piperidine rings is 1. The molecular weight excluding hydrogens is 240 g/mol. The van der Waals surface area contributed by atoms with Gasteiger partial charge in [-0.2, -0.15) is 5.10 Å². The number of carbonyl (C=O) groups is 1. The second-order valence-electron chi connectivity index (χ2n) is 5.05. The number of nitrogens with zero attached hydrogens (tertiary/aromatic N) is 3. The number of aromatic amines is 1. The number of rotatable bonds is 2. The monoisotopic (exact) mass is 258 g/mol. The number of fused-ring (bicyclic) bond motifs is 1. The Kier molecular flexibility index (Phi) is 3.19. The summed E-state index contributed by atoms with van der Waals surface area (Å²) in [5, 5.41) is 7.90. The standard InChI is InChI=1S/C14H18N4O/c1-2-10-5-3-4-8-18(10)14(19)13-11-9-15-7-6-12(11)16-17-13/h6-7,9-10H,2-5,8H2,1H3,(H,16,17). The molecule has 1 atom stereocenters. The van der Waals surface area contributed by atoms with Gasteiger partial charge in [0, 0.05) is 25.0 Å². The fourth-order valence-corrected chi connectivity index (χ4v) is 2.85. The van der Waals surface area contributed by atoms with Crippen LogP contribution in [-0.4, -0.2) is 38.6 Å². The lowest BCUT2D eigenvalue weighted by molar-refractivity contribution is 0.0604. The summed E-state index contributed by atoms with van der Waals surface area (Å²) < 4.78 is 0. The number of likely N-dealkylation sites (tertiary alicyclic amines) is 1. The predicted molar refractivity (Wildman–Crippen MR) is 72.9 cm³/mol. The van der Waals surface area contributed by atoms with E-state index < -0.39 is 0 Å². The minimum atomic E-state index is 0.0331. The minimum absolute atomic E-state index is 0.0331. The van der Waals surface area contributed by atoms with E-state index in [1.54, 1.807) is 12.4 Å². The molecule has 1 aliphatic rings. The van der Waals surface area contributed by atoms with Crippen LogP contribution in [0.25, 0.3) is 10.9 Å². The van der Waals surface area contributed by atoms with Gasteiger partial charge < -0.3 is 4.90 Å². The number of amides is 1. The molecule has 1 N–H and O–H groups in total. The molecule has 2 aromatic heterocycles. The molecule has 0 spiro atoms. The molecule has 0 bridgehead atoms. The molecule has 100 valence electrons. The quantitative estimate of drug-likeness (QED) is 0.899. The zero-order valence-electron chi connectivity index (χ0n) is 11.1. The van der Waals surface area contributed by atoms with Gasteiger partial charge in [-0.1, -0.05) is 6.92 Å². The number of pyridine rings is 1. The van der Waals surface area contributed by atoms with Crippen LogP contribution in [0, 0.1) is 0 Å². The minimum Gasteiger partial charge on any atom is -0.334 e. The van der Waals surface area contributed by atoms with Crippen LogP contribution in [-0.2, 0) is 0 Å². The summed E-state index contributed by atoms with van der Waals surface area (Å²) in [6, 6.07) is 2.19. The molecule has 0 radical (unpaired) electrons. The molecule has 0 aliphatic carbocycles. The molecule has 0 saturated carbocycles. The Bertz CT molecular complexity index is 592. The van der Waals surface area contributed by atoms with Gasteiger partial charge in [0.1, 0.15) is 0 Å². The third-order valence-electron chi connectivity index (χ3n) is 3.93. The molecule has 1 aliphatic heterocycles. The Morgan fingerprint density at radius 2 is 2.42 bits per heavy atom. The summed E-state index contributed by atoms with van der Waals surface area (Å²) in [6.07, 6.45) is 7.81. The van der Waals surface area contributed by atoms with E-state index in [-0.39, 0.29) is 5.91 Å². The van der Waals surface area contributed by atoms with Crippen molar-refractivity contribution >= 4 is 16.8 Å². The molecular formula is C14H18N4O. The molecule has 3 heterocycles. The van der Waals surface area contributed by atoms with Crippen LogP contribution in [0.3, 0.4) is 0 Å². The topological polar surface area (TPSA) is 61.9 Å². The highest BCUT2D eigenvalue weighted by Gasteiger charge is 2.28. The molecule has 1 fully saturated rings. The highest BCUT2D eigenvalue weighted by atomic mass is 16.2. The van der Waals surface area contributed by atoms with Gasteiger partial charge in [-0.3, -0.25) is 14.9 Å². The molecule has 1 amide bonds. The van der Waals surface area contributed by atoms with E-state index in [0.717, 1.165) is 36.7 Å². The Labute approximate surface area is 112 Å². The lowest BCUT2D eigenvalue weighted by Crippen LogP contribution is -2.43. The third-order valence-corrected chi connectivity index (χ3v) is 3.93. The van der Waals surface area contributed by atoms with Crippen LogP contribution in [0.5, 0.6) is 0 Å². The first-order valence-electron chi connectivity index (χ1n) is 6.90. The summed E-state index contributed by atoms with van der Waals surface area (Å²) in [7, 11) is 0. The van der Waals surface area contributed by atoms with Gasteiger partial charge in [0.15, 0.2) is 5.69 Å². The van der Waals surface area contributed by atoms with Gasteiger partial charge in [-0.25, -0.2) is 0 Å². The van der Waals surface area contributed by atoms with E-state index in [2.05, 4.69) is 22.1 Å². The number of aromatic nitrogens is 3. The highest BCUT2D eigenvalue weighted by molar-refractivity contribution is 6.04. The second-order valence-corrected chi connectivity index (χ2v) is 5.05. The summed E-state index contributed by atoms with van der Waals surface area (Å²) in [6.45, 7) is 2.98. The van der Waals surface area contributed by atoms with Crippen LogP contribution in [0.2, 0.25) is 0 Å². The Balaban J connectivity index is 1.94. The predicted octanol–water partition coefficient (Wildman–Crippen LogP) is 2.36. The lowest BCUT2D eigenvalue weighted by atomic mass is 9.99. The van der Waals surface area contributed by atoms with E-state index in [1.807, 2.05) is 11.0 Å². The fraction of sp³-hybridized carbons (Fsp3) is 0.500. The first-order chi connectivity index (χ1) is 9.31. The third kappa shape index (κ3) is 2.09. The molecule has 1 saturated heterocycles. The summed E-state index contributed by atoms with van der Waals surface area (Å²) in [5.41, 5.74) is 1.37. The number of H-pyrrole nitrogens is 1. The Hall–Kier alpha value is -1.91. The van der Waals surface area contributed by atoms with Crippen molar-refractivity contribution in [3.05, 3.63) is 24.2 Å². The van der Waals surface area contributed by atoms with Crippen molar-refractivity contribution in [3.8, 4) is 0 Å². The lowest BCUT2D eigenvalue weighted by Gasteiger charge is -2.34. The van der Waals surface area contributed by atoms with Crippen LogP contribution < -0.4 is 0 Å². The fourth-order valence-electron chi connectivity index (χ4n) is 2.85. The van der Waals surface area contributed by atoms with Gasteiger partial charge in [0.2, 0.25) is 0 Å². The highest BCUT2D eigenvalue weighted by Crippen LogP contribution is 2.23. The van der Waals surface area contributed by atoms with Crippen molar-refractivity contribution in [3.63, 3.8) is 0 Å². The molecule has 19 heavy (non-hydrogen) atoms. The van der Waals surface area contributed by atoms with Gasteiger partial charge in [-0.15, -0.1) is 0 Å². The van der Waals surface area contributed by atoms with E-state index in [4.69, 9.17) is 0 Å². The van der Waals surface area contributed by atoms with E-state index >= 15 is 0 Å². The zero-order chi connectivity index (χ0) is 13.2. The van der Waals surface area contributed by atoms with Crippen molar-refractivity contribution in [2.75, 3.05) is 6.54 Å². The molecule has 0 aromatic carbocycles. The van der Waals surface area contributed by atoms with Crippen molar-refractivity contribution in [2.24, 2.45) is 0 Å². The largest absolute Gasteiger partial charge is 0.334 e. The first kappa shape index (κ1) is 12.1. The van der Waals surface area contributed by atoms with Crippen molar-refractivity contribution in [1.82, 2.24) is 20.1 Å². The maximum absolute atomic E-state index is 12.7. The Morgan fingerprint density at radius 1 is 1.53 bits per heavy atom. The molecule has 5 heteroatoms. The number of carbonyl (C=O) groups excluding carboxylic acids is 1. The molecule has 3 rings (SSSR count). The van der Waals surface area contributed by atoms with Crippen molar-refractivity contribution in [2.45, 2.75) is 38.6 Å². The second kappa shape index (κ2) is 4.99. The average Bonchev–Trinajstić information content (AvgIpc) is 2.90. The molecule has 5 nitrogen and oxygen atoms in total. The van der Waals surface area contributed by atoms with Crippen molar-refractivity contribution < 1.29 is 4.79 Å². The van der Waals surface area contributed by atoms with Crippen LogP contribution >= 0.6 is 0 Å². The van der Waals surface area contributed by atoms with Crippen LogP contribution in [0.15, 0.2) is 18.5 Å². The number of hydrogen-bond donors (Lipinski definition) is 1. The summed E-state index contributed by atoms with van der Waals surface area (Å²) in [4.78, 5) is 18.7. The van der Waals surface area contributed by atoms with E-state index in [0.29, 0.717) is 11.7 Å². The Morgan fingerprint density at radius 3 is 3.26 bits per heavy atom. The molecule has 1 unspecified atom stereocenters. The van der Waals surface area contributed by atoms with E-state index in [9.17, 15) is 4.79 Å². The normalized spacial score (nSPS) is 19.8. The first-order valence-corrected chi connectivity index (χ1v) is 6.90. The van der Waals surface area contributed by atoms with Crippen LogP contribution in [0.4, 0.5) is 0 Å². The number of nitrogens with one attached hydrogen (secondary N) is 1. The smallest absolute Gasteiger partial charge is 0.275 e. The van der Waals surface area contributed by atoms with Gasteiger partial charge in [0.05, 0.1) is 10.9 Å². The maximum Gasteiger partial charge on any atom is 0.275 e. The number of hydrogen-bond acceptors (Lipinski definition) is 3. The summed E-state index contributed by atoms with van der Waals surface area (Å²) in [5.74, 6) is 0.0331. The van der Waals surface area contributed by atoms with Crippen LogP contribution in [0.1, 0.15) is 43.1 Å². The van der Waals surface area contributed by atoms with Gasteiger partial charge in [0.25, 0.3) is 5.91 Å². The van der Waals surface area contributed by atoms with Gasteiger partial charge in [-0.05, 0) is 31.7 Å². The maximum atomic E-state index is 12.7. The zero-order valence-corrected chi connectivity index (χ0v) is 11.1. The summed E-state index contributed by atoms with van der Waals surface area (Å²) >= 11 is 0. The van der Waals surface area contributed by atoms with Crippen molar-refractivity contribution in [1.29, 1.82) is 0 Å². The SMILES string of the molecule is CCC1CCCCN1C(=O)c1n[nH]c2ccncc12.